The molecule has 8 heteroatoms. The maximum atomic E-state index is 12.9. The van der Waals surface area contributed by atoms with E-state index in [4.69, 9.17) is 0 Å². The van der Waals surface area contributed by atoms with Crippen molar-refractivity contribution in [3.63, 3.8) is 0 Å². The number of rotatable bonds is 8. The van der Waals surface area contributed by atoms with Crippen molar-refractivity contribution in [1.29, 1.82) is 5.26 Å². The molecule has 164 valence electrons. The van der Waals surface area contributed by atoms with Crippen molar-refractivity contribution in [3.05, 3.63) is 35.5 Å². The number of nitrogens with zero attached hydrogens (tertiary/aromatic N) is 1. The van der Waals surface area contributed by atoms with Crippen LogP contribution in [0.5, 0.6) is 0 Å². The molecule has 1 aliphatic heterocycles. The van der Waals surface area contributed by atoms with Crippen molar-refractivity contribution in [2.45, 2.75) is 52.1 Å². The summed E-state index contributed by atoms with van der Waals surface area (Å²) in [7, 11) is 0. The van der Waals surface area contributed by atoms with Crippen molar-refractivity contribution in [1.82, 2.24) is 20.9 Å². The van der Waals surface area contributed by atoms with E-state index in [1.165, 1.54) is 0 Å². The number of hydrogen-bond donors (Lipinski definition) is 4. The zero-order valence-corrected chi connectivity index (χ0v) is 18.1. The quantitative estimate of drug-likeness (QED) is 0.519. The molecule has 0 radical (unpaired) electrons. The minimum atomic E-state index is -0.788. The second kappa shape index (κ2) is 9.65. The second-order valence-corrected chi connectivity index (χ2v) is 8.58. The maximum absolute atomic E-state index is 12.9. The Morgan fingerprint density at radius 1 is 1.29 bits per heavy atom. The van der Waals surface area contributed by atoms with Crippen LogP contribution in [0.1, 0.15) is 49.2 Å². The molecular formula is C23H29N5O3. The summed E-state index contributed by atoms with van der Waals surface area (Å²) in [5, 5.41) is 18.7. The molecule has 3 atom stereocenters. The van der Waals surface area contributed by atoms with Gasteiger partial charge in [-0.05, 0) is 49.8 Å². The fourth-order valence-corrected chi connectivity index (χ4v) is 3.94. The Balaban J connectivity index is 1.70. The van der Waals surface area contributed by atoms with Crippen LogP contribution in [0.4, 0.5) is 0 Å². The lowest BCUT2D eigenvalue weighted by Crippen LogP contribution is -2.50. The molecule has 2 heterocycles. The molecule has 8 nitrogen and oxygen atoms in total. The number of nitriles is 1. The van der Waals surface area contributed by atoms with Gasteiger partial charge in [-0.25, -0.2) is 0 Å². The van der Waals surface area contributed by atoms with E-state index in [1.807, 2.05) is 39.0 Å². The molecule has 1 saturated heterocycles. The smallest absolute Gasteiger partial charge is 0.268 e. The van der Waals surface area contributed by atoms with E-state index >= 15 is 0 Å². The number of hydrogen-bond acceptors (Lipinski definition) is 4. The molecule has 0 bridgehead atoms. The van der Waals surface area contributed by atoms with Crippen LogP contribution in [0.3, 0.4) is 0 Å². The molecule has 3 rings (SSSR count). The van der Waals surface area contributed by atoms with E-state index in [1.54, 1.807) is 6.07 Å². The normalized spacial score (nSPS) is 17.8. The third-order valence-corrected chi connectivity index (χ3v) is 5.61. The molecule has 0 unspecified atom stereocenters. The fraction of sp³-hybridized carbons (Fsp3) is 0.478. The molecule has 0 aliphatic carbocycles. The number of H-pyrrole nitrogens is 1. The van der Waals surface area contributed by atoms with Gasteiger partial charge in [-0.1, -0.05) is 26.0 Å². The molecule has 0 spiro atoms. The minimum Gasteiger partial charge on any atom is -0.356 e. The van der Waals surface area contributed by atoms with Crippen LogP contribution < -0.4 is 16.0 Å². The van der Waals surface area contributed by atoms with E-state index in [0.717, 1.165) is 16.5 Å². The van der Waals surface area contributed by atoms with Gasteiger partial charge >= 0.3 is 0 Å². The molecule has 1 fully saturated rings. The van der Waals surface area contributed by atoms with Crippen LogP contribution in [0.25, 0.3) is 10.9 Å². The summed E-state index contributed by atoms with van der Waals surface area (Å²) < 4.78 is 0. The predicted molar refractivity (Wildman–Crippen MR) is 117 cm³/mol. The van der Waals surface area contributed by atoms with Crippen molar-refractivity contribution < 1.29 is 14.4 Å². The van der Waals surface area contributed by atoms with Crippen LogP contribution in [0.15, 0.2) is 24.3 Å². The minimum absolute atomic E-state index is 0.0874. The number of carbonyl (C=O) groups is 3. The number of nitrogens with one attached hydrogen (secondary N) is 4. The van der Waals surface area contributed by atoms with Crippen molar-refractivity contribution >= 4 is 28.6 Å². The van der Waals surface area contributed by atoms with Crippen LogP contribution in [-0.4, -0.2) is 41.3 Å². The zero-order valence-electron chi connectivity index (χ0n) is 18.1. The average Bonchev–Trinajstić information content (AvgIpc) is 3.33. The average molecular weight is 424 g/mol. The summed E-state index contributed by atoms with van der Waals surface area (Å²) >= 11 is 0. The summed E-state index contributed by atoms with van der Waals surface area (Å²) in [5.74, 6) is -1.00. The Bertz CT molecular complexity index is 1020. The number of amides is 3. The molecule has 1 aromatic carbocycles. The van der Waals surface area contributed by atoms with E-state index in [9.17, 15) is 19.6 Å². The zero-order chi connectivity index (χ0) is 22.5. The van der Waals surface area contributed by atoms with Crippen molar-refractivity contribution in [3.8, 4) is 6.07 Å². The van der Waals surface area contributed by atoms with E-state index in [0.29, 0.717) is 25.1 Å². The standard InChI is InChI=1S/C23H29N5O3/c1-13(2)9-19(22(30)26-16(12-24)10-15-7-8-25-21(15)29)28-23(31)20-11-17-14(3)5-4-6-18(17)27-20/h4-6,11,13,15-16,19,27H,7-10H2,1-3H3,(H,25,29)(H,26,30)(H,28,31)/t15-,16-,19-/m0/s1. The van der Waals surface area contributed by atoms with Crippen LogP contribution in [0.2, 0.25) is 0 Å². The van der Waals surface area contributed by atoms with Crippen LogP contribution in [-0.2, 0) is 9.59 Å². The van der Waals surface area contributed by atoms with Gasteiger partial charge in [0.05, 0.1) is 6.07 Å². The highest BCUT2D eigenvalue weighted by Crippen LogP contribution is 2.20. The van der Waals surface area contributed by atoms with Crippen LogP contribution >= 0.6 is 0 Å². The lowest BCUT2D eigenvalue weighted by atomic mass is 9.98. The lowest BCUT2D eigenvalue weighted by molar-refractivity contribution is -0.125. The Morgan fingerprint density at radius 3 is 2.68 bits per heavy atom. The van der Waals surface area contributed by atoms with Gasteiger partial charge in [0.2, 0.25) is 11.8 Å². The molecule has 3 amide bonds. The summed E-state index contributed by atoms with van der Waals surface area (Å²) in [5.41, 5.74) is 2.29. The van der Waals surface area contributed by atoms with Gasteiger partial charge in [-0.15, -0.1) is 0 Å². The maximum Gasteiger partial charge on any atom is 0.268 e. The van der Waals surface area contributed by atoms with E-state index in [2.05, 4.69) is 27.0 Å². The fourth-order valence-electron chi connectivity index (χ4n) is 3.94. The summed E-state index contributed by atoms with van der Waals surface area (Å²) in [4.78, 5) is 40.7. The first-order valence-corrected chi connectivity index (χ1v) is 10.7. The highest BCUT2D eigenvalue weighted by molar-refractivity contribution is 6.00. The number of aryl methyl sites for hydroxylation is 1. The number of aromatic nitrogens is 1. The molecule has 31 heavy (non-hydrogen) atoms. The predicted octanol–water partition coefficient (Wildman–Crippen LogP) is 2.16. The first-order valence-electron chi connectivity index (χ1n) is 10.7. The molecule has 1 aromatic heterocycles. The highest BCUT2D eigenvalue weighted by atomic mass is 16.2. The van der Waals surface area contributed by atoms with Crippen molar-refractivity contribution in [2.75, 3.05) is 6.54 Å². The second-order valence-electron chi connectivity index (χ2n) is 8.58. The number of benzene rings is 1. The SMILES string of the molecule is Cc1cccc2[nH]c(C(=O)N[C@@H](CC(C)C)C(=O)N[C@H](C#N)C[C@@H]3CCNC3=O)cc12. The Morgan fingerprint density at radius 2 is 2.06 bits per heavy atom. The van der Waals surface area contributed by atoms with Gasteiger partial charge in [0.25, 0.3) is 5.91 Å². The van der Waals surface area contributed by atoms with Crippen molar-refractivity contribution in [2.24, 2.45) is 11.8 Å². The molecule has 2 aromatic rings. The van der Waals surface area contributed by atoms with Gasteiger partial charge in [-0.3, -0.25) is 14.4 Å². The molecular weight excluding hydrogens is 394 g/mol. The first-order chi connectivity index (χ1) is 14.8. The summed E-state index contributed by atoms with van der Waals surface area (Å²) in [6.07, 6.45) is 1.34. The third-order valence-electron chi connectivity index (χ3n) is 5.61. The lowest BCUT2D eigenvalue weighted by Gasteiger charge is -2.22. The van der Waals surface area contributed by atoms with Gasteiger partial charge in [0.15, 0.2) is 0 Å². The van der Waals surface area contributed by atoms with Gasteiger partial charge in [0, 0.05) is 23.4 Å². The molecule has 0 saturated carbocycles. The van der Waals surface area contributed by atoms with Gasteiger partial charge < -0.3 is 20.9 Å². The Hall–Kier alpha value is -3.34. The first kappa shape index (κ1) is 22.3. The summed E-state index contributed by atoms with van der Waals surface area (Å²) in [6, 6.07) is 8.06. The van der Waals surface area contributed by atoms with Gasteiger partial charge in [-0.2, -0.15) is 5.26 Å². The largest absolute Gasteiger partial charge is 0.356 e. The van der Waals surface area contributed by atoms with E-state index in [-0.39, 0.29) is 30.1 Å². The third kappa shape index (κ3) is 5.43. The Kier molecular flexibility index (Phi) is 6.95. The topological polar surface area (TPSA) is 127 Å². The molecule has 1 aliphatic rings. The number of fused-ring (bicyclic) bond motifs is 1. The van der Waals surface area contributed by atoms with E-state index < -0.39 is 18.0 Å². The monoisotopic (exact) mass is 423 g/mol. The van der Waals surface area contributed by atoms with Crippen LogP contribution in [0, 0.1) is 30.1 Å². The van der Waals surface area contributed by atoms with Gasteiger partial charge in [0.1, 0.15) is 17.8 Å². The number of aromatic amines is 1. The summed E-state index contributed by atoms with van der Waals surface area (Å²) in [6.45, 7) is 6.48. The Labute approximate surface area is 181 Å². The highest BCUT2D eigenvalue weighted by Gasteiger charge is 2.30. The number of carbonyl (C=O) groups excluding carboxylic acids is 3. The molecule has 4 N–H and O–H groups in total.